The van der Waals surface area contributed by atoms with Crippen molar-refractivity contribution in [3.63, 3.8) is 0 Å². The molecular formula is C14H19N3O2. The third-order valence-electron chi connectivity index (χ3n) is 3.88. The minimum atomic E-state index is -0.108. The zero-order valence-electron chi connectivity index (χ0n) is 11.1. The average Bonchev–Trinajstić information content (AvgIpc) is 3.25. The molecule has 1 aromatic heterocycles. The number of pyridine rings is 1. The van der Waals surface area contributed by atoms with Crippen LogP contribution in [0.5, 0.6) is 5.88 Å². The van der Waals surface area contributed by atoms with Crippen molar-refractivity contribution in [3.8, 4) is 5.88 Å². The molecule has 2 aliphatic rings. The third kappa shape index (κ3) is 2.30. The number of carbonyl (C=O) groups is 1. The molecule has 1 aliphatic carbocycles. The average molecular weight is 261 g/mol. The van der Waals surface area contributed by atoms with Crippen molar-refractivity contribution in [2.45, 2.75) is 43.8 Å². The summed E-state index contributed by atoms with van der Waals surface area (Å²) >= 11 is 0. The van der Waals surface area contributed by atoms with E-state index in [2.05, 4.69) is 4.98 Å². The van der Waals surface area contributed by atoms with Gasteiger partial charge < -0.3 is 15.4 Å². The number of methoxy groups -OCH3 is 1. The Balaban J connectivity index is 1.95. The molecule has 5 heteroatoms. The normalized spacial score (nSPS) is 27.5. The highest BCUT2D eigenvalue weighted by Crippen LogP contribution is 2.39. The van der Waals surface area contributed by atoms with Crippen molar-refractivity contribution in [1.82, 2.24) is 9.88 Å². The van der Waals surface area contributed by atoms with E-state index in [0.29, 0.717) is 18.3 Å². The first-order valence-corrected chi connectivity index (χ1v) is 6.78. The fourth-order valence-corrected chi connectivity index (χ4v) is 2.79. The Kier molecular flexibility index (Phi) is 3.14. The van der Waals surface area contributed by atoms with E-state index in [1.807, 2.05) is 17.0 Å². The number of ether oxygens (including phenoxy) is 1. The van der Waals surface area contributed by atoms with Crippen LogP contribution in [0.15, 0.2) is 18.2 Å². The molecule has 1 aromatic rings. The topological polar surface area (TPSA) is 68.5 Å². The van der Waals surface area contributed by atoms with Crippen LogP contribution in [-0.4, -0.2) is 35.0 Å². The second-order valence-corrected chi connectivity index (χ2v) is 5.28. The number of piperidine rings is 1. The summed E-state index contributed by atoms with van der Waals surface area (Å²) < 4.78 is 5.16. The van der Waals surface area contributed by atoms with E-state index < -0.39 is 0 Å². The zero-order valence-corrected chi connectivity index (χ0v) is 11.1. The summed E-state index contributed by atoms with van der Waals surface area (Å²) in [7, 11) is 1.59. The van der Waals surface area contributed by atoms with Gasteiger partial charge in [0.25, 0.3) is 0 Å². The number of aromatic nitrogens is 1. The maximum atomic E-state index is 12.2. The highest BCUT2D eigenvalue weighted by molar-refractivity contribution is 5.78. The van der Waals surface area contributed by atoms with Gasteiger partial charge in [-0.3, -0.25) is 4.79 Å². The maximum Gasteiger partial charge on any atom is 0.223 e. The van der Waals surface area contributed by atoms with E-state index in [1.165, 1.54) is 0 Å². The summed E-state index contributed by atoms with van der Waals surface area (Å²) in [5, 5.41) is 0. The van der Waals surface area contributed by atoms with Crippen LogP contribution < -0.4 is 10.5 Å². The molecule has 1 saturated heterocycles. The van der Waals surface area contributed by atoms with Crippen molar-refractivity contribution in [2.75, 3.05) is 7.11 Å². The Morgan fingerprint density at radius 1 is 1.37 bits per heavy atom. The molecule has 102 valence electrons. The molecule has 0 spiro atoms. The molecule has 3 rings (SSSR count). The van der Waals surface area contributed by atoms with Gasteiger partial charge in [0.1, 0.15) is 0 Å². The van der Waals surface area contributed by atoms with Crippen LogP contribution in [0, 0.1) is 0 Å². The van der Waals surface area contributed by atoms with Crippen molar-refractivity contribution in [2.24, 2.45) is 5.73 Å². The lowest BCUT2D eigenvalue weighted by molar-refractivity contribution is -0.138. The summed E-state index contributed by atoms with van der Waals surface area (Å²) in [5.41, 5.74) is 7.09. The predicted molar refractivity (Wildman–Crippen MR) is 70.6 cm³/mol. The largest absolute Gasteiger partial charge is 0.481 e. The maximum absolute atomic E-state index is 12.2. The van der Waals surface area contributed by atoms with Gasteiger partial charge >= 0.3 is 0 Å². The lowest BCUT2D eigenvalue weighted by Gasteiger charge is -2.39. The molecule has 1 saturated carbocycles. The number of nitrogens with zero attached hydrogens (tertiary/aromatic N) is 2. The number of amides is 1. The molecule has 5 nitrogen and oxygen atoms in total. The lowest BCUT2D eigenvalue weighted by atomic mass is 9.93. The molecule has 2 N–H and O–H groups in total. The Hall–Kier alpha value is -1.62. The van der Waals surface area contributed by atoms with E-state index in [9.17, 15) is 4.79 Å². The van der Waals surface area contributed by atoms with Gasteiger partial charge in [0.15, 0.2) is 0 Å². The van der Waals surface area contributed by atoms with Gasteiger partial charge in [0.05, 0.1) is 18.8 Å². The molecule has 2 heterocycles. The van der Waals surface area contributed by atoms with Crippen LogP contribution in [0.2, 0.25) is 0 Å². The molecule has 1 aliphatic heterocycles. The Morgan fingerprint density at radius 2 is 2.16 bits per heavy atom. The van der Waals surface area contributed by atoms with Crippen molar-refractivity contribution >= 4 is 5.91 Å². The second-order valence-electron chi connectivity index (χ2n) is 5.28. The van der Waals surface area contributed by atoms with Crippen LogP contribution in [0.4, 0.5) is 0 Å². The minimum Gasteiger partial charge on any atom is -0.481 e. The van der Waals surface area contributed by atoms with Gasteiger partial charge in [-0.2, -0.15) is 0 Å². The van der Waals surface area contributed by atoms with E-state index in [1.54, 1.807) is 13.2 Å². The number of nitrogens with two attached hydrogens (primary N) is 1. The molecule has 19 heavy (non-hydrogen) atoms. The van der Waals surface area contributed by atoms with Crippen LogP contribution in [-0.2, 0) is 4.79 Å². The van der Waals surface area contributed by atoms with Gasteiger partial charge in [0.2, 0.25) is 11.8 Å². The number of carbonyl (C=O) groups excluding carboxylic acids is 1. The Labute approximate surface area is 112 Å². The summed E-state index contributed by atoms with van der Waals surface area (Å²) in [6.45, 7) is 0. The first-order chi connectivity index (χ1) is 9.20. The van der Waals surface area contributed by atoms with Gasteiger partial charge in [-0.15, -0.1) is 0 Å². The van der Waals surface area contributed by atoms with E-state index >= 15 is 0 Å². The zero-order chi connectivity index (χ0) is 13.4. The van der Waals surface area contributed by atoms with E-state index in [4.69, 9.17) is 10.5 Å². The molecule has 2 atom stereocenters. The Morgan fingerprint density at radius 3 is 2.84 bits per heavy atom. The van der Waals surface area contributed by atoms with Gasteiger partial charge in [-0.25, -0.2) is 4.98 Å². The molecule has 2 fully saturated rings. The first-order valence-electron chi connectivity index (χ1n) is 6.78. The number of rotatable bonds is 3. The molecular weight excluding hydrogens is 242 g/mol. The second kappa shape index (κ2) is 4.81. The fraction of sp³-hybridized carbons (Fsp3) is 0.571. The number of hydrogen-bond donors (Lipinski definition) is 1. The quantitative estimate of drug-likeness (QED) is 0.889. The first kappa shape index (κ1) is 12.4. The molecule has 2 unspecified atom stereocenters. The molecule has 0 radical (unpaired) electrons. The van der Waals surface area contributed by atoms with Crippen LogP contribution in [0.25, 0.3) is 0 Å². The van der Waals surface area contributed by atoms with E-state index in [-0.39, 0.29) is 18.0 Å². The molecule has 0 bridgehead atoms. The van der Waals surface area contributed by atoms with Gasteiger partial charge in [0, 0.05) is 24.6 Å². The fourth-order valence-electron chi connectivity index (χ4n) is 2.79. The standard InChI is InChI=1S/C14H19N3O2/c1-19-12-4-2-3-11(16-12)14-10(15)7-8-13(18)17(14)9-5-6-9/h2-4,9-10,14H,5-8,15H2,1H3. The SMILES string of the molecule is COc1cccc(C2C(N)CCC(=O)N2C2CC2)n1. The predicted octanol–water partition coefficient (Wildman–Crippen LogP) is 1.24. The van der Waals surface area contributed by atoms with Crippen molar-refractivity contribution in [1.29, 1.82) is 0 Å². The summed E-state index contributed by atoms with van der Waals surface area (Å²) in [6, 6.07) is 5.85. The summed E-state index contributed by atoms with van der Waals surface area (Å²) in [5.74, 6) is 0.775. The number of likely N-dealkylation sites (tertiary alicyclic amines) is 1. The van der Waals surface area contributed by atoms with E-state index in [0.717, 1.165) is 25.0 Å². The highest BCUT2D eigenvalue weighted by atomic mass is 16.5. The van der Waals surface area contributed by atoms with Gasteiger partial charge in [-0.1, -0.05) is 6.07 Å². The van der Waals surface area contributed by atoms with Crippen molar-refractivity contribution < 1.29 is 9.53 Å². The summed E-state index contributed by atoms with van der Waals surface area (Å²) in [4.78, 5) is 18.6. The van der Waals surface area contributed by atoms with Crippen LogP contribution >= 0.6 is 0 Å². The molecule has 0 aromatic carbocycles. The smallest absolute Gasteiger partial charge is 0.223 e. The minimum absolute atomic E-state index is 0.0436. The number of hydrogen-bond acceptors (Lipinski definition) is 4. The van der Waals surface area contributed by atoms with Gasteiger partial charge in [-0.05, 0) is 25.3 Å². The Bertz CT molecular complexity index is 487. The van der Waals surface area contributed by atoms with Crippen molar-refractivity contribution in [3.05, 3.63) is 23.9 Å². The molecule has 1 amide bonds. The monoisotopic (exact) mass is 261 g/mol. The lowest BCUT2D eigenvalue weighted by Crippen LogP contribution is -2.50. The highest BCUT2D eigenvalue weighted by Gasteiger charge is 2.43. The van der Waals surface area contributed by atoms with Crippen LogP contribution in [0.1, 0.15) is 37.4 Å². The third-order valence-corrected chi connectivity index (χ3v) is 3.88. The summed E-state index contributed by atoms with van der Waals surface area (Å²) in [6.07, 6.45) is 3.45. The van der Waals surface area contributed by atoms with Crippen LogP contribution in [0.3, 0.4) is 0 Å².